The number of hydrogen-bond donors (Lipinski definition) is 2. The van der Waals surface area contributed by atoms with Gasteiger partial charge in [0, 0.05) is 12.3 Å². The van der Waals surface area contributed by atoms with E-state index in [1.165, 1.54) is 30.3 Å². The van der Waals surface area contributed by atoms with Gasteiger partial charge in [-0.3, -0.25) is 14.9 Å². The Morgan fingerprint density at radius 2 is 1.82 bits per heavy atom. The second kappa shape index (κ2) is 9.49. The number of ether oxygens (including phenoxy) is 1. The van der Waals surface area contributed by atoms with Gasteiger partial charge in [0.25, 0.3) is 11.6 Å². The minimum Gasteiger partial charge on any atom is -0.462 e. The minimum absolute atomic E-state index is 0.125. The summed E-state index contributed by atoms with van der Waals surface area (Å²) in [5.41, 5.74) is -0.0969. The molecule has 2 aromatic carbocycles. The van der Waals surface area contributed by atoms with Crippen molar-refractivity contribution >= 4 is 28.9 Å². The molecule has 2 aromatic rings. The first-order valence-corrected chi connectivity index (χ1v) is 8.15. The first-order chi connectivity index (χ1) is 13.5. The first kappa shape index (κ1) is 20.1. The number of amides is 1. The van der Waals surface area contributed by atoms with Gasteiger partial charge in [0.2, 0.25) is 0 Å². The standard InChI is InChI=1S/C19H16N4O5/c1-2-28-19(25)14-7-3-4-8-15(14)22-18(24)13(11-20)12-21-16-9-5-6-10-17(16)23(26)27/h3-10,12,21H,2H2,1H3,(H,22,24)/b13-12-. The van der Waals surface area contributed by atoms with E-state index in [2.05, 4.69) is 10.6 Å². The van der Waals surface area contributed by atoms with Crippen LogP contribution in [0.3, 0.4) is 0 Å². The molecule has 0 aliphatic carbocycles. The normalized spacial score (nSPS) is 10.5. The van der Waals surface area contributed by atoms with E-state index >= 15 is 0 Å². The van der Waals surface area contributed by atoms with Crippen LogP contribution in [-0.4, -0.2) is 23.4 Å². The Morgan fingerprint density at radius 1 is 1.18 bits per heavy atom. The molecular weight excluding hydrogens is 364 g/mol. The fraction of sp³-hybridized carbons (Fsp3) is 0.105. The summed E-state index contributed by atoms with van der Waals surface area (Å²) in [6, 6.07) is 13.7. The number of esters is 1. The maximum absolute atomic E-state index is 12.4. The second-order valence-electron chi connectivity index (χ2n) is 5.31. The van der Waals surface area contributed by atoms with E-state index in [1.807, 2.05) is 0 Å². The van der Waals surface area contributed by atoms with Gasteiger partial charge in [-0.25, -0.2) is 4.79 Å². The van der Waals surface area contributed by atoms with Crippen molar-refractivity contribution in [3.05, 3.63) is 76.0 Å². The second-order valence-corrected chi connectivity index (χ2v) is 5.31. The van der Waals surface area contributed by atoms with Gasteiger partial charge in [-0.2, -0.15) is 5.26 Å². The smallest absolute Gasteiger partial charge is 0.340 e. The number of nitro benzene ring substituents is 1. The molecule has 2 rings (SSSR count). The zero-order valence-electron chi connectivity index (χ0n) is 14.8. The molecule has 0 aliphatic heterocycles. The molecule has 142 valence electrons. The Kier molecular flexibility index (Phi) is 6.82. The van der Waals surface area contributed by atoms with Gasteiger partial charge in [0.1, 0.15) is 17.3 Å². The molecule has 0 saturated carbocycles. The van der Waals surface area contributed by atoms with Crippen LogP contribution in [0.25, 0.3) is 0 Å². The van der Waals surface area contributed by atoms with E-state index in [-0.39, 0.29) is 34.8 Å². The molecule has 0 radical (unpaired) electrons. The van der Waals surface area contributed by atoms with Gasteiger partial charge >= 0.3 is 5.97 Å². The van der Waals surface area contributed by atoms with Crippen LogP contribution >= 0.6 is 0 Å². The zero-order valence-corrected chi connectivity index (χ0v) is 14.8. The lowest BCUT2D eigenvalue weighted by Gasteiger charge is -2.10. The number of para-hydroxylation sites is 3. The van der Waals surface area contributed by atoms with E-state index in [1.54, 1.807) is 31.2 Å². The third-order valence-corrected chi connectivity index (χ3v) is 3.51. The molecule has 0 aliphatic rings. The first-order valence-electron chi connectivity index (χ1n) is 8.15. The molecule has 0 unspecified atom stereocenters. The summed E-state index contributed by atoms with van der Waals surface area (Å²) in [7, 11) is 0. The number of nitrogens with zero attached hydrogens (tertiary/aromatic N) is 2. The summed E-state index contributed by atoms with van der Waals surface area (Å²) in [4.78, 5) is 34.8. The van der Waals surface area contributed by atoms with Crippen LogP contribution in [0, 0.1) is 21.4 Å². The van der Waals surface area contributed by atoms with Crippen LogP contribution in [0.15, 0.2) is 60.3 Å². The predicted octanol–water partition coefficient (Wildman–Crippen LogP) is 3.23. The molecule has 28 heavy (non-hydrogen) atoms. The lowest BCUT2D eigenvalue weighted by Crippen LogP contribution is -2.17. The Balaban J connectivity index is 2.22. The van der Waals surface area contributed by atoms with Crippen molar-refractivity contribution in [1.82, 2.24) is 0 Å². The summed E-state index contributed by atoms with van der Waals surface area (Å²) in [5.74, 6) is -1.40. The highest BCUT2D eigenvalue weighted by atomic mass is 16.6. The summed E-state index contributed by atoms with van der Waals surface area (Å²) < 4.78 is 4.93. The molecule has 2 N–H and O–H groups in total. The van der Waals surface area contributed by atoms with Crippen molar-refractivity contribution in [3.8, 4) is 6.07 Å². The molecular formula is C19H16N4O5. The molecule has 0 atom stereocenters. The highest BCUT2D eigenvalue weighted by Crippen LogP contribution is 2.23. The lowest BCUT2D eigenvalue weighted by atomic mass is 10.1. The van der Waals surface area contributed by atoms with Gasteiger partial charge in [-0.15, -0.1) is 0 Å². The number of nitrogens with one attached hydrogen (secondary N) is 2. The molecule has 0 bridgehead atoms. The number of carbonyl (C=O) groups excluding carboxylic acids is 2. The quantitative estimate of drug-likeness (QED) is 0.247. The number of hydrogen-bond acceptors (Lipinski definition) is 7. The lowest BCUT2D eigenvalue weighted by molar-refractivity contribution is -0.383. The zero-order chi connectivity index (χ0) is 20.5. The number of nitro groups is 1. The van der Waals surface area contributed by atoms with Crippen LogP contribution in [0.5, 0.6) is 0 Å². The average Bonchev–Trinajstić information content (AvgIpc) is 2.69. The molecule has 0 saturated heterocycles. The maximum Gasteiger partial charge on any atom is 0.340 e. The van der Waals surface area contributed by atoms with Gasteiger partial charge in [-0.1, -0.05) is 24.3 Å². The van der Waals surface area contributed by atoms with E-state index in [4.69, 9.17) is 4.74 Å². The van der Waals surface area contributed by atoms with Crippen molar-refractivity contribution < 1.29 is 19.2 Å². The van der Waals surface area contributed by atoms with Crippen molar-refractivity contribution in [2.24, 2.45) is 0 Å². The molecule has 1 amide bonds. The van der Waals surface area contributed by atoms with E-state index in [9.17, 15) is 25.0 Å². The molecule has 0 heterocycles. The van der Waals surface area contributed by atoms with Crippen molar-refractivity contribution in [2.75, 3.05) is 17.2 Å². The predicted molar refractivity (Wildman–Crippen MR) is 101 cm³/mol. The fourth-order valence-electron chi connectivity index (χ4n) is 2.22. The average molecular weight is 380 g/mol. The van der Waals surface area contributed by atoms with Crippen molar-refractivity contribution in [3.63, 3.8) is 0 Å². The van der Waals surface area contributed by atoms with Crippen LogP contribution in [-0.2, 0) is 9.53 Å². The van der Waals surface area contributed by atoms with Crippen LogP contribution < -0.4 is 10.6 Å². The van der Waals surface area contributed by atoms with E-state index in [0.717, 1.165) is 6.20 Å². The fourth-order valence-corrected chi connectivity index (χ4v) is 2.22. The molecule has 0 aromatic heterocycles. The van der Waals surface area contributed by atoms with Crippen LogP contribution in [0.4, 0.5) is 17.1 Å². The maximum atomic E-state index is 12.4. The Hall–Kier alpha value is -4.19. The SMILES string of the molecule is CCOC(=O)c1ccccc1NC(=O)/C(C#N)=C\Nc1ccccc1[N+](=O)[O-]. The van der Waals surface area contributed by atoms with Gasteiger partial charge < -0.3 is 15.4 Å². The van der Waals surface area contributed by atoms with Gasteiger partial charge in [0.05, 0.1) is 22.8 Å². The highest BCUT2D eigenvalue weighted by Gasteiger charge is 2.17. The summed E-state index contributed by atoms with van der Waals surface area (Å²) in [5, 5.41) is 25.3. The third kappa shape index (κ3) is 4.92. The summed E-state index contributed by atoms with van der Waals surface area (Å²) in [6.45, 7) is 1.83. The topological polar surface area (TPSA) is 134 Å². The van der Waals surface area contributed by atoms with Crippen molar-refractivity contribution in [2.45, 2.75) is 6.92 Å². The number of benzene rings is 2. The summed E-state index contributed by atoms with van der Waals surface area (Å²) in [6.07, 6.45) is 1.06. The largest absolute Gasteiger partial charge is 0.462 e. The molecule has 9 heteroatoms. The number of carbonyl (C=O) groups is 2. The highest BCUT2D eigenvalue weighted by molar-refractivity contribution is 6.09. The third-order valence-electron chi connectivity index (χ3n) is 3.51. The number of anilines is 2. The number of nitriles is 1. The monoisotopic (exact) mass is 380 g/mol. The van der Waals surface area contributed by atoms with E-state index in [0.29, 0.717) is 0 Å². The Labute approximate surface area is 160 Å². The van der Waals surface area contributed by atoms with Gasteiger partial charge in [0.15, 0.2) is 0 Å². The minimum atomic E-state index is -0.787. The Morgan fingerprint density at radius 3 is 2.46 bits per heavy atom. The Bertz CT molecular complexity index is 978. The molecule has 0 spiro atoms. The van der Waals surface area contributed by atoms with Crippen molar-refractivity contribution in [1.29, 1.82) is 5.26 Å². The van der Waals surface area contributed by atoms with Crippen LogP contribution in [0.2, 0.25) is 0 Å². The summed E-state index contributed by atoms with van der Waals surface area (Å²) >= 11 is 0. The molecule has 9 nitrogen and oxygen atoms in total. The van der Waals surface area contributed by atoms with E-state index < -0.39 is 16.8 Å². The van der Waals surface area contributed by atoms with Gasteiger partial charge in [-0.05, 0) is 25.1 Å². The number of rotatable bonds is 7. The van der Waals surface area contributed by atoms with Crippen LogP contribution in [0.1, 0.15) is 17.3 Å². The molecule has 0 fully saturated rings.